The molecule has 7 heteroatoms. The first kappa shape index (κ1) is 14.4. The van der Waals surface area contributed by atoms with Crippen molar-refractivity contribution in [3.8, 4) is 5.75 Å². The van der Waals surface area contributed by atoms with Crippen molar-refractivity contribution in [3.05, 3.63) is 47.3 Å². The molecule has 0 aliphatic heterocycles. The fourth-order valence-corrected chi connectivity index (χ4v) is 1.94. The Morgan fingerprint density at radius 2 is 1.90 bits per heavy atom. The summed E-state index contributed by atoms with van der Waals surface area (Å²) in [6.45, 7) is 1.80. The van der Waals surface area contributed by atoms with Crippen molar-refractivity contribution in [3.63, 3.8) is 0 Å². The number of benzene rings is 1. The van der Waals surface area contributed by atoms with E-state index in [-0.39, 0.29) is 11.3 Å². The Balaban J connectivity index is 2.40. The SMILES string of the molecule is Cc1c(C(N)c2ccccc2OC(F)(F)F)cnn1C. The molecule has 0 aliphatic carbocycles. The van der Waals surface area contributed by atoms with E-state index in [4.69, 9.17) is 5.73 Å². The third-order valence-electron chi connectivity index (χ3n) is 3.09. The molecule has 4 nitrogen and oxygen atoms in total. The smallest absolute Gasteiger partial charge is 0.405 e. The highest BCUT2D eigenvalue weighted by molar-refractivity contribution is 5.42. The van der Waals surface area contributed by atoms with Gasteiger partial charge in [-0.3, -0.25) is 4.68 Å². The number of aromatic nitrogens is 2. The lowest BCUT2D eigenvalue weighted by Gasteiger charge is -2.17. The fraction of sp³-hybridized carbons (Fsp3) is 0.308. The normalized spacial score (nSPS) is 13.3. The number of halogens is 3. The Labute approximate surface area is 114 Å². The Morgan fingerprint density at radius 1 is 1.25 bits per heavy atom. The zero-order valence-electron chi connectivity index (χ0n) is 11.0. The van der Waals surface area contributed by atoms with Crippen molar-refractivity contribution in [2.24, 2.45) is 12.8 Å². The largest absolute Gasteiger partial charge is 0.573 e. The molecule has 1 aromatic carbocycles. The number of nitrogens with zero attached hydrogens (tertiary/aromatic N) is 2. The van der Waals surface area contributed by atoms with E-state index in [0.717, 1.165) is 5.69 Å². The molecule has 2 rings (SSSR count). The van der Waals surface area contributed by atoms with Crippen LogP contribution in [0.3, 0.4) is 0 Å². The number of nitrogens with two attached hydrogens (primary N) is 1. The van der Waals surface area contributed by atoms with E-state index < -0.39 is 12.4 Å². The molecule has 0 fully saturated rings. The Bertz CT molecular complexity index is 607. The summed E-state index contributed by atoms with van der Waals surface area (Å²) in [6.07, 6.45) is -3.20. The molecule has 2 aromatic rings. The van der Waals surface area contributed by atoms with Gasteiger partial charge in [0.2, 0.25) is 0 Å². The van der Waals surface area contributed by atoms with Gasteiger partial charge >= 0.3 is 6.36 Å². The topological polar surface area (TPSA) is 53.1 Å². The van der Waals surface area contributed by atoms with E-state index in [0.29, 0.717) is 5.56 Å². The van der Waals surface area contributed by atoms with Gasteiger partial charge in [-0.2, -0.15) is 5.10 Å². The van der Waals surface area contributed by atoms with Gasteiger partial charge in [-0.1, -0.05) is 18.2 Å². The van der Waals surface area contributed by atoms with Gasteiger partial charge in [-0.25, -0.2) is 0 Å². The van der Waals surface area contributed by atoms with Gasteiger partial charge in [-0.05, 0) is 13.0 Å². The van der Waals surface area contributed by atoms with Crippen LogP contribution in [-0.4, -0.2) is 16.1 Å². The second kappa shape index (κ2) is 5.16. The van der Waals surface area contributed by atoms with Crippen molar-refractivity contribution >= 4 is 0 Å². The van der Waals surface area contributed by atoms with Crippen LogP contribution in [0, 0.1) is 6.92 Å². The standard InChI is InChI=1S/C13H14F3N3O/c1-8-10(7-18-19(8)2)12(17)9-5-3-4-6-11(9)20-13(14,15)16/h3-7,12H,17H2,1-2H3. The highest BCUT2D eigenvalue weighted by Gasteiger charge is 2.33. The minimum absolute atomic E-state index is 0.265. The molecule has 0 spiro atoms. The molecule has 0 saturated heterocycles. The molecule has 2 N–H and O–H groups in total. The zero-order valence-corrected chi connectivity index (χ0v) is 11.0. The average Bonchev–Trinajstić information content (AvgIpc) is 2.68. The summed E-state index contributed by atoms with van der Waals surface area (Å²) in [7, 11) is 1.74. The second-order valence-corrected chi connectivity index (χ2v) is 4.37. The van der Waals surface area contributed by atoms with Crippen LogP contribution in [0.15, 0.2) is 30.5 Å². The highest BCUT2D eigenvalue weighted by Crippen LogP contribution is 2.32. The first-order valence-corrected chi connectivity index (χ1v) is 5.88. The number of ether oxygens (including phenoxy) is 1. The lowest BCUT2D eigenvalue weighted by molar-refractivity contribution is -0.274. The van der Waals surface area contributed by atoms with Gasteiger partial charge in [-0.15, -0.1) is 13.2 Å². The fourth-order valence-electron chi connectivity index (χ4n) is 1.94. The van der Waals surface area contributed by atoms with Crippen LogP contribution in [0.25, 0.3) is 0 Å². The monoisotopic (exact) mass is 285 g/mol. The number of para-hydroxylation sites is 1. The number of hydrogen-bond acceptors (Lipinski definition) is 3. The maximum absolute atomic E-state index is 12.4. The summed E-state index contributed by atoms with van der Waals surface area (Å²) in [5, 5.41) is 4.04. The molecule has 1 aromatic heterocycles. The van der Waals surface area contributed by atoms with Gasteiger partial charge in [0.15, 0.2) is 0 Å². The lowest BCUT2D eigenvalue weighted by Crippen LogP contribution is -2.21. The van der Waals surface area contributed by atoms with E-state index in [2.05, 4.69) is 9.84 Å². The average molecular weight is 285 g/mol. The molecule has 0 radical (unpaired) electrons. The summed E-state index contributed by atoms with van der Waals surface area (Å²) < 4.78 is 42.8. The van der Waals surface area contributed by atoms with Gasteiger partial charge in [0.05, 0.1) is 12.2 Å². The molecular formula is C13H14F3N3O. The van der Waals surface area contributed by atoms with Crippen LogP contribution in [0.1, 0.15) is 22.9 Å². The first-order valence-electron chi connectivity index (χ1n) is 5.88. The molecule has 1 heterocycles. The molecule has 20 heavy (non-hydrogen) atoms. The highest BCUT2D eigenvalue weighted by atomic mass is 19.4. The second-order valence-electron chi connectivity index (χ2n) is 4.37. The van der Waals surface area contributed by atoms with Gasteiger partial charge in [0.1, 0.15) is 5.75 Å². The molecule has 1 atom stereocenters. The van der Waals surface area contributed by atoms with E-state index in [9.17, 15) is 13.2 Å². The maximum Gasteiger partial charge on any atom is 0.573 e. The molecule has 108 valence electrons. The van der Waals surface area contributed by atoms with Crippen LogP contribution in [0.5, 0.6) is 5.75 Å². The molecule has 0 aliphatic rings. The van der Waals surface area contributed by atoms with Crippen molar-refractivity contribution in [1.29, 1.82) is 0 Å². The molecule has 1 unspecified atom stereocenters. The van der Waals surface area contributed by atoms with Gasteiger partial charge < -0.3 is 10.5 Å². The third kappa shape index (κ3) is 2.93. The predicted octanol–water partition coefficient (Wildman–Crippen LogP) is 2.68. The first-order chi connectivity index (χ1) is 9.29. The number of aryl methyl sites for hydroxylation is 1. The minimum Gasteiger partial charge on any atom is -0.405 e. The van der Waals surface area contributed by atoms with E-state index in [1.807, 2.05) is 0 Å². The summed E-state index contributed by atoms with van der Waals surface area (Å²) in [6, 6.07) is 5.10. The van der Waals surface area contributed by atoms with Crippen LogP contribution < -0.4 is 10.5 Å². The Kier molecular flexibility index (Phi) is 3.71. The predicted molar refractivity (Wildman–Crippen MR) is 67.1 cm³/mol. The third-order valence-corrected chi connectivity index (χ3v) is 3.09. The van der Waals surface area contributed by atoms with E-state index in [1.54, 1.807) is 30.9 Å². The minimum atomic E-state index is -4.75. The summed E-state index contributed by atoms with van der Waals surface area (Å²) in [5.74, 6) is -0.296. The quantitative estimate of drug-likeness (QED) is 0.943. The Morgan fingerprint density at radius 3 is 2.45 bits per heavy atom. The zero-order chi connectivity index (χ0) is 14.9. The summed E-state index contributed by atoms with van der Waals surface area (Å²) in [4.78, 5) is 0. The molecule has 0 amide bonds. The summed E-state index contributed by atoms with van der Waals surface area (Å²) in [5.41, 5.74) is 7.76. The van der Waals surface area contributed by atoms with Gasteiger partial charge in [0, 0.05) is 23.9 Å². The maximum atomic E-state index is 12.4. The van der Waals surface area contributed by atoms with E-state index in [1.165, 1.54) is 18.2 Å². The lowest BCUT2D eigenvalue weighted by atomic mass is 9.99. The Hall–Kier alpha value is -2.02. The molecule has 0 saturated carbocycles. The number of alkyl halides is 3. The van der Waals surface area contributed by atoms with Crippen LogP contribution in [-0.2, 0) is 7.05 Å². The number of rotatable bonds is 3. The van der Waals surface area contributed by atoms with Crippen molar-refractivity contribution < 1.29 is 17.9 Å². The van der Waals surface area contributed by atoms with Crippen molar-refractivity contribution in [1.82, 2.24) is 9.78 Å². The molecular weight excluding hydrogens is 271 g/mol. The van der Waals surface area contributed by atoms with Gasteiger partial charge in [0.25, 0.3) is 0 Å². The molecule has 0 bridgehead atoms. The van der Waals surface area contributed by atoms with Crippen LogP contribution in [0.2, 0.25) is 0 Å². The van der Waals surface area contributed by atoms with Crippen LogP contribution in [0.4, 0.5) is 13.2 Å². The summed E-state index contributed by atoms with van der Waals surface area (Å²) >= 11 is 0. The van der Waals surface area contributed by atoms with Crippen LogP contribution >= 0.6 is 0 Å². The number of hydrogen-bond donors (Lipinski definition) is 1. The van der Waals surface area contributed by atoms with Crippen molar-refractivity contribution in [2.75, 3.05) is 0 Å². The van der Waals surface area contributed by atoms with Crippen molar-refractivity contribution in [2.45, 2.75) is 19.3 Å². The van der Waals surface area contributed by atoms with E-state index >= 15 is 0 Å².